The van der Waals surface area contributed by atoms with Crippen molar-refractivity contribution in [3.63, 3.8) is 0 Å². The molecule has 1 saturated carbocycles. The maximum Gasteiger partial charge on any atom is 0.121 e. The van der Waals surface area contributed by atoms with Crippen LogP contribution in [0.1, 0.15) is 45.4 Å². The molecule has 4 heterocycles. The zero-order valence-corrected chi connectivity index (χ0v) is 19.9. The molecule has 5 fully saturated rings. The third-order valence-electron chi connectivity index (χ3n) is 8.57. The summed E-state index contributed by atoms with van der Waals surface area (Å²) >= 11 is 6.77. The molecule has 5 aliphatic rings. The Balaban J connectivity index is 1.10. The minimum absolute atomic E-state index is 0.187. The first-order chi connectivity index (χ1) is 15.2. The van der Waals surface area contributed by atoms with Gasteiger partial charge in [-0.2, -0.15) is 0 Å². The third-order valence-corrected chi connectivity index (χ3v) is 9.07. The Bertz CT molecular complexity index is 570. The molecule has 0 aromatic heterocycles. The van der Waals surface area contributed by atoms with Gasteiger partial charge < -0.3 is 20.7 Å². The number of hydrogen-bond acceptors (Lipinski definition) is 7. The number of halogens is 1. The van der Waals surface area contributed by atoms with Gasteiger partial charge in [0, 0.05) is 62.1 Å². The van der Waals surface area contributed by atoms with Crippen molar-refractivity contribution in [2.24, 2.45) is 11.8 Å². The predicted octanol–water partition coefficient (Wildman–Crippen LogP) is 0.648. The summed E-state index contributed by atoms with van der Waals surface area (Å²) in [6, 6.07) is 1.78. The average molecular weight is 455 g/mol. The second-order valence-electron chi connectivity index (χ2n) is 10.5. The second kappa shape index (κ2) is 10.5. The second-order valence-corrected chi connectivity index (χ2v) is 11.1. The Kier molecular flexibility index (Phi) is 7.73. The van der Waals surface area contributed by atoms with Gasteiger partial charge in [0.1, 0.15) is 6.23 Å². The molecule has 0 bridgehead atoms. The van der Waals surface area contributed by atoms with E-state index in [-0.39, 0.29) is 6.23 Å². The zero-order valence-electron chi connectivity index (χ0n) is 19.1. The molecule has 7 nitrogen and oxygen atoms in total. The van der Waals surface area contributed by atoms with Crippen molar-refractivity contribution in [3.05, 3.63) is 0 Å². The molecule has 0 aromatic carbocycles. The van der Waals surface area contributed by atoms with E-state index in [0.29, 0.717) is 47.6 Å². The molecule has 8 atom stereocenters. The summed E-state index contributed by atoms with van der Waals surface area (Å²) in [6.07, 6.45) is 8.09. The lowest BCUT2D eigenvalue weighted by atomic mass is 9.81. The maximum atomic E-state index is 6.77. The molecule has 0 spiro atoms. The van der Waals surface area contributed by atoms with Crippen molar-refractivity contribution in [1.82, 2.24) is 31.5 Å². The SMILES string of the molecule is CC1C(NC2CC(Cl)C3CCNC3C2)NCCC1N1CCC(OC2CNCCN2)CC1. The van der Waals surface area contributed by atoms with Crippen molar-refractivity contribution >= 4 is 11.6 Å². The molecule has 178 valence electrons. The molecule has 0 amide bonds. The molecule has 31 heavy (non-hydrogen) atoms. The minimum atomic E-state index is 0.187. The molecule has 0 aromatic rings. The third kappa shape index (κ3) is 5.40. The zero-order chi connectivity index (χ0) is 21.2. The van der Waals surface area contributed by atoms with Crippen LogP contribution in [0.25, 0.3) is 0 Å². The van der Waals surface area contributed by atoms with Crippen LogP contribution in [0.4, 0.5) is 0 Å². The van der Waals surface area contributed by atoms with Crippen LogP contribution in [0.5, 0.6) is 0 Å². The minimum Gasteiger partial charge on any atom is -0.359 e. The number of hydrogen-bond donors (Lipinski definition) is 5. The van der Waals surface area contributed by atoms with E-state index >= 15 is 0 Å². The predicted molar refractivity (Wildman–Crippen MR) is 125 cm³/mol. The number of nitrogens with one attached hydrogen (secondary N) is 5. The number of alkyl halides is 1. The number of ether oxygens (including phenoxy) is 1. The van der Waals surface area contributed by atoms with E-state index in [1.54, 1.807) is 0 Å². The van der Waals surface area contributed by atoms with Crippen molar-refractivity contribution in [2.75, 3.05) is 45.8 Å². The monoisotopic (exact) mass is 454 g/mol. The summed E-state index contributed by atoms with van der Waals surface area (Å²) in [5.74, 6) is 1.27. The highest BCUT2D eigenvalue weighted by Crippen LogP contribution is 2.35. The van der Waals surface area contributed by atoms with Crippen molar-refractivity contribution in [1.29, 1.82) is 0 Å². The number of fused-ring (bicyclic) bond motifs is 1. The summed E-state index contributed by atoms with van der Waals surface area (Å²) < 4.78 is 6.32. The molecule has 8 heteroatoms. The van der Waals surface area contributed by atoms with E-state index in [0.717, 1.165) is 65.1 Å². The van der Waals surface area contributed by atoms with E-state index in [2.05, 4.69) is 38.4 Å². The molecular weight excluding hydrogens is 412 g/mol. The van der Waals surface area contributed by atoms with Gasteiger partial charge in [-0.05, 0) is 57.5 Å². The fourth-order valence-electron chi connectivity index (χ4n) is 6.80. The van der Waals surface area contributed by atoms with Gasteiger partial charge in [0.2, 0.25) is 0 Å². The average Bonchev–Trinajstić information content (AvgIpc) is 3.26. The summed E-state index contributed by atoms with van der Waals surface area (Å²) in [4.78, 5) is 2.74. The lowest BCUT2D eigenvalue weighted by molar-refractivity contribution is -0.0702. The van der Waals surface area contributed by atoms with Gasteiger partial charge in [-0.3, -0.25) is 15.5 Å². The van der Waals surface area contributed by atoms with Crippen LogP contribution < -0.4 is 26.6 Å². The van der Waals surface area contributed by atoms with E-state index in [4.69, 9.17) is 16.3 Å². The number of likely N-dealkylation sites (tertiary alicyclic amines) is 1. The van der Waals surface area contributed by atoms with Gasteiger partial charge in [-0.25, -0.2) is 0 Å². The van der Waals surface area contributed by atoms with Crippen LogP contribution in [0.2, 0.25) is 0 Å². The number of piperazine rings is 1. The lowest BCUT2D eigenvalue weighted by Gasteiger charge is -2.47. The maximum absolute atomic E-state index is 6.77. The molecule has 4 saturated heterocycles. The van der Waals surface area contributed by atoms with Crippen molar-refractivity contribution in [3.8, 4) is 0 Å². The van der Waals surface area contributed by atoms with Crippen LogP contribution in [0, 0.1) is 11.8 Å². The molecule has 8 unspecified atom stereocenters. The van der Waals surface area contributed by atoms with Gasteiger partial charge in [0.05, 0.1) is 12.3 Å². The number of piperidine rings is 2. The summed E-state index contributed by atoms with van der Waals surface area (Å²) in [5, 5.41) is 18.7. The fourth-order valence-corrected chi connectivity index (χ4v) is 7.32. The Morgan fingerprint density at radius 1 is 0.935 bits per heavy atom. The van der Waals surface area contributed by atoms with Gasteiger partial charge in [0.25, 0.3) is 0 Å². The first kappa shape index (κ1) is 22.8. The van der Waals surface area contributed by atoms with Crippen molar-refractivity contribution in [2.45, 2.75) is 87.4 Å². The largest absolute Gasteiger partial charge is 0.359 e. The van der Waals surface area contributed by atoms with Crippen LogP contribution in [-0.2, 0) is 4.74 Å². The van der Waals surface area contributed by atoms with Crippen molar-refractivity contribution < 1.29 is 4.74 Å². The summed E-state index contributed by atoms with van der Waals surface area (Å²) in [6.45, 7) is 9.98. The van der Waals surface area contributed by atoms with Crippen LogP contribution in [0.15, 0.2) is 0 Å². The molecule has 1 aliphatic carbocycles. The highest BCUT2D eigenvalue weighted by Gasteiger charge is 2.42. The Morgan fingerprint density at radius 2 is 1.77 bits per heavy atom. The number of nitrogens with zero attached hydrogens (tertiary/aromatic N) is 1. The molecular formula is C23H43ClN6O. The quantitative estimate of drug-likeness (QED) is 0.390. The van der Waals surface area contributed by atoms with Crippen LogP contribution in [0.3, 0.4) is 0 Å². The lowest BCUT2D eigenvalue weighted by Crippen LogP contribution is -2.63. The molecule has 5 N–H and O–H groups in total. The highest BCUT2D eigenvalue weighted by atomic mass is 35.5. The number of rotatable bonds is 5. The smallest absolute Gasteiger partial charge is 0.121 e. The van der Waals surface area contributed by atoms with E-state index in [9.17, 15) is 0 Å². The van der Waals surface area contributed by atoms with E-state index in [1.807, 2.05) is 0 Å². The Hall–Kier alpha value is 0.01000. The molecule has 0 radical (unpaired) electrons. The van der Waals surface area contributed by atoms with Gasteiger partial charge in [-0.1, -0.05) is 6.92 Å². The first-order valence-corrected chi connectivity index (χ1v) is 13.3. The fraction of sp³-hybridized carbons (Fsp3) is 1.00. The van der Waals surface area contributed by atoms with Crippen LogP contribution >= 0.6 is 11.6 Å². The normalized spacial score (nSPS) is 45.5. The molecule has 4 aliphatic heterocycles. The van der Waals surface area contributed by atoms with Gasteiger partial charge in [-0.15, -0.1) is 11.6 Å². The van der Waals surface area contributed by atoms with E-state index < -0.39 is 0 Å². The summed E-state index contributed by atoms with van der Waals surface area (Å²) in [7, 11) is 0. The highest BCUT2D eigenvalue weighted by molar-refractivity contribution is 6.21. The van der Waals surface area contributed by atoms with Gasteiger partial charge >= 0.3 is 0 Å². The summed E-state index contributed by atoms with van der Waals surface area (Å²) in [5.41, 5.74) is 0. The topological polar surface area (TPSA) is 72.6 Å². The van der Waals surface area contributed by atoms with Gasteiger partial charge in [0.15, 0.2) is 0 Å². The van der Waals surface area contributed by atoms with E-state index in [1.165, 1.54) is 19.3 Å². The Labute approximate surface area is 193 Å². The standard InChI is InChI=1S/C23H43ClN6O/c1-15-21(30-10-4-17(5-11-30)31-22-14-25-8-9-27-22)3-7-28-23(15)29-16-12-19(24)18-2-6-26-20(18)13-16/h15-23,25-29H,2-14H2,1H3. The van der Waals surface area contributed by atoms with Crippen LogP contribution in [-0.4, -0.2) is 92.7 Å². The molecule has 5 rings (SSSR count). The Morgan fingerprint density at radius 3 is 2.58 bits per heavy atom. The first-order valence-electron chi connectivity index (χ1n) is 12.9.